The van der Waals surface area contributed by atoms with Crippen molar-refractivity contribution >= 4 is 11.9 Å². The lowest BCUT2D eigenvalue weighted by molar-refractivity contribution is -0.146. The number of rotatable bonds is 12. The van der Waals surface area contributed by atoms with Crippen molar-refractivity contribution < 1.29 is 23.8 Å². The summed E-state index contributed by atoms with van der Waals surface area (Å²) in [5, 5.41) is 0. The molecule has 0 aromatic heterocycles. The standard InChI is InChI=1S/C20H31NO5/c1-5-7-8-13-21(14-16(3)20(23)24-4)19(22)15-26-18-11-9-17(10-12-18)25-6-2/h9-12,16H,5-8,13-15H2,1-4H3. The number of ether oxygens (including phenoxy) is 3. The van der Waals surface area contributed by atoms with Crippen LogP contribution in [0, 0.1) is 5.92 Å². The lowest BCUT2D eigenvalue weighted by atomic mass is 10.1. The van der Waals surface area contributed by atoms with Gasteiger partial charge in [0.1, 0.15) is 11.5 Å². The Balaban J connectivity index is 2.60. The molecule has 0 aliphatic rings. The second-order valence-electron chi connectivity index (χ2n) is 6.16. The van der Waals surface area contributed by atoms with Crippen LogP contribution >= 0.6 is 0 Å². The van der Waals surface area contributed by atoms with Crippen LogP contribution in [0.1, 0.15) is 40.0 Å². The second-order valence-corrected chi connectivity index (χ2v) is 6.16. The summed E-state index contributed by atoms with van der Waals surface area (Å²) >= 11 is 0. The number of benzene rings is 1. The molecular weight excluding hydrogens is 334 g/mol. The van der Waals surface area contributed by atoms with Crippen LogP contribution in [0.15, 0.2) is 24.3 Å². The molecule has 0 saturated carbocycles. The molecule has 6 heteroatoms. The number of nitrogens with zero attached hydrogens (tertiary/aromatic N) is 1. The van der Waals surface area contributed by atoms with Gasteiger partial charge in [-0.05, 0) is 37.6 Å². The van der Waals surface area contributed by atoms with Gasteiger partial charge in [-0.15, -0.1) is 0 Å². The molecule has 6 nitrogen and oxygen atoms in total. The topological polar surface area (TPSA) is 65.1 Å². The third kappa shape index (κ3) is 7.76. The number of unbranched alkanes of at least 4 members (excludes halogenated alkanes) is 2. The fourth-order valence-corrected chi connectivity index (χ4v) is 2.51. The monoisotopic (exact) mass is 365 g/mol. The Kier molecular flexibility index (Phi) is 10.2. The molecule has 0 aliphatic carbocycles. The van der Waals surface area contributed by atoms with E-state index in [0.717, 1.165) is 25.0 Å². The number of methoxy groups -OCH3 is 1. The molecule has 0 heterocycles. The van der Waals surface area contributed by atoms with E-state index in [-0.39, 0.29) is 24.4 Å². The van der Waals surface area contributed by atoms with E-state index in [1.165, 1.54) is 7.11 Å². The van der Waals surface area contributed by atoms with Crippen LogP contribution in [-0.2, 0) is 14.3 Å². The average molecular weight is 365 g/mol. The van der Waals surface area contributed by atoms with Crippen LogP contribution in [0.5, 0.6) is 11.5 Å². The highest BCUT2D eigenvalue weighted by Gasteiger charge is 2.21. The molecule has 0 N–H and O–H groups in total. The van der Waals surface area contributed by atoms with Gasteiger partial charge >= 0.3 is 5.97 Å². The summed E-state index contributed by atoms with van der Waals surface area (Å²) in [6.07, 6.45) is 3.01. The molecule has 0 aliphatic heterocycles. The molecule has 0 radical (unpaired) electrons. The molecule has 1 amide bonds. The van der Waals surface area contributed by atoms with Crippen LogP contribution in [0.2, 0.25) is 0 Å². The number of esters is 1. The minimum Gasteiger partial charge on any atom is -0.494 e. The normalized spacial score (nSPS) is 11.5. The summed E-state index contributed by atoms with van der Waals surface area (Å²) in [4.78, 5) is 25.9. The second kappa shape index (κ2) is 12.2. The first-order valence-electron chi connectivity index (χ1n) is 9.23. The average Bonchev–Trinajstić information content (AvgIpc) is 2.66. The van der Waals surface area contributed by atoms with E-state index in [4.69, 9.17) is 14.2 Å². The first-order valence-corrected chi connectivity index (χ1v) is 9.23. The van der Waals surface area contributed by atoms with Crippen molar-refractivity contribution in [3.05, 3.63) is 24.3 Å². The maximum atomic E-state index is 12.6. The largest absolute Gasteiger partial charge is 0.494 e. The summed E-state index contributed by atoms with van der Waals surface area (Å²) in [7, 11) is 1.36. The van der Waals surface area contributed by atoms with Gasteiger partial charge in [0.05, 0.1) is 19.6 Å². The molecule has 1 aromatic rings. The zero-order chi connectivity index (χ0) is 19.4. The first kappa shape index (κ1) is 21.8. The highest BCUT2D eigenvalue weighted by Crippen LogP contribution is 2.17. The molecular formula is C20H31NO5. The molecule has 146 valence electrons. The van der Waals surface area contributed by atoms with E-state index in [1.54, 1.807) is 24.0 Å². The Morgan fingerprint density at radius 3 is 2.19 bits per heavy atom. The maximum Gasteiger partial charge on any atom is 0.310 e. The van der Waals surface area contributed by atoms with Crippen molar-refractivity contribution in [1.82, 2.24) is 4.90 Å². The SMILES string of the molecule is CCCCCN(CC(C)C(=O)OC)C(=O)COc1ccc(OCC)cc1. The predicted molar refractivity (Wildman–Crippen MR) is 100 cm³/mol. The summed E-state index contributed by atoms with van der Waals surface area (Å²) in [5.41, 5.74) is 0. The quantitative estimate of drug-likeness (QED) is 0.420. The Labute approximate surface area is 156 Å². The zero-order valence-corrected chi connectivity index (χ0v) is 16.3. The van der Waals surface area contributed by atoms with Crippen molar-refractivity contribution in [3.63, 3.8) is 0 Å². The highest BCUT2D eigenvalue weighted by molar-refractivity contribution is 5.79. The number of amides is 1. The molecule has 1 atom stereocenters. The van der Waals surface area contributed by atoms with E-state index in [1.807, 2.05) is 19.1 Å². The predicted octanol–water partition coefficient (Wildman–Crippen LogP) is 3.29. The van der Waals surface area contributed by atoms with Crippen LogP contribution in [0.3, 0.4) is 0 Å². The highest BCUT2D eigenvalue weighted by atomic mass is 16.5. The van der Waals surface area contributed by atoms with Gasteiger partial charge in [-0.1, -0.05) is 26.7 Å². The zero-order valence-electron chi connectivity index (χ0n) is 16.3. The van der Waals surface area contributed by atoms with Crippen LogP contribution < -0.4 is 9.47 Å². The Hall–Kier alpha value is -2.24. The third-order valence-electron chi connectivity index (χ3n) is 3.98. The molecule has 0 fully saturated rings. The number of hydrogen-bond donors (Lipinski definition) is 0. The van der Waals surface area contributed by atoms with E-state index >= 15 is 0 Å². The van der Waals surface area contributed by atoms with Crippen molar-refractivity contribution in [2.45, 2.75) is 40.0 Å². The smallest absolute Gasteiger partial charge is 0.310 e. The molecule has 0 saturated heterocycles. The van der Waals surface area contributed by atoms with Gasteiger partial charge in [0.15, 0.2) is 6.61 Å². The summed E-state index contributed by atoms with van der Waals surface area (Å²) in [5.74, 6) is 0.558. The van der Waals surface area contributed by atoms with Gasteiger partial charge in [-0.25, -0.2) is 0 Å². The Bertz CT molecular complexity index is 544. The lowest BCUT2D eigenvalue weighted by Gasteiger charge is -2.25. The third-order valence-corrected chi connectivity index (χ3v) is 3.98. The fraction of sp³-hybridized carbons (Fsp3) is 0.600. The summed E-state index contributed by atoms with van der Waals surface area (Å²) in [6, 6.07) is 7.16. The van der Waals surface area contributed by atoms with E-state index in [2.05, 4.69) is 6.92 Å². The van der Waals surface area contributed by atoms with E-state index in [0.29, 0.717) is 25.4 Å². The Morgan fingerprint density at radius 2 is 1.65 bits per heavy atom. The molecule has 26 heavy (non-hydrogen) atoms. The van der Waals surface area contributed by atoms with Gasteiger partial charge in [0, 0.05) is 13.1 Å². The molecule has 0 spiro atoms. The number of hydrogen-bond acceptors (Lipinski definition) is 5. The molecule has 1 rings (SSSR count). The van der Waals surface area contributed by atoms with Crippen LogP contribution in [-0.4, -0.2) is 50.2 Å². The minimum absolute atomic E-state index is 0.0615. The van der Waals surface area contributed by atoms with Gasteiger partial charge in [-0.3, -0.25) is 9.59 Å². The summed E-state index contributed by atoms with van der Waals surface area (Å²) < 4.78 is 15.7. The number of carbonyl (C=O) groups excluding carboxylic acids is 2. The molecule has 0 bridgehead atoms. The van der Waals surface area contributed by atoms with Gasteiger partial charge < -0.3 is 19.1 Å². The van der Waals surface area contributed by atoms with Gasteiger partial charge in [0.25, 0.3) is 5.91 Å². The van der Waals surface area contributed by atoms with Crippen LogP contribution in [0.25, 0.3) is 0 Å². The lowest BCUT2D eigenvalue weighted by Crippen LogP contribution is -2.40. The van der Waals surface area contributed by atoms with E-state index < -0.39 is 0 Å². The Morgan fingerprint density at radius 1 is 1.04 bits per heavy atom. The first-order chi connectivity index (χ1) is 12.5. The van der Waals surface area contributed by atoms with Crippen LogP contribution in [0.4, 0.5) is 0 Å². The molecule has 1 unspecified atom stereocenters. The minimum atomic E-state index is -0.365. The van der Waals surface area contributed by atoms with Crippen molar-refractivity contribution in [2.24, 2.45) is 5.92 Å². The fourth-order valence-electron chi connectivity index (χ4n) is 2.51. The van der Waals surface area contributed by atoms with Crippen molar-refractivity contribution in [1.29, 1.82) is 0 Å². The van der Waals surface area contributed by atoms with Gasteiger partial charge in [-0.2, -0.15) is 0 Å². The van der Waals surface area contributed by atoms with E-state index in [9.17, 15) is 9.59 Å². The number of carbonyl (C=O) groups is 2. The maximum absolute atomic E-state index is 12.6. The molecule has 1 aromatic carbocycles. The van der Waals surface area contributed by atoms with Crippen molar-refractivity contribution in [2.75, 3.05) is 33.4 Å². The summed E-state index contributed by atoms with van der Waals surface area (Å²) in [6.45, 7) is 7.28. The van der Waals surface area contributed by atoms with Crippen molar-refractivity contribution in [3.8, 4) is 11.5 Å². The van der Waals surface area contributed by atoms with Gasteiger partial charge in [0.2, 0.25) is 0 Å².